The van der Waals surface area contributed by atoms with E-state index < -0.39 is 12.5 Å². The maximum absolute atomic E-state index is 12.0. The maximum Gasteiger partial charge on any atom is 0.265 e. The zero-order valence-electron chi connectivity index (χ0n) is 8.52. The number of nitrogens with one attached hydrogen (secondary N) is 1. The summed E-state index contributed by atoms with van der Waals surface area (Å²) in [5.41, 5.74) is 5.68. The molecule has 1 unspecified atom stereocenters. The van der Waals surface area contributed by atoms with Crippen molar-refractivity contribution in [2.24, 2.45) is 0 Å². The number of nitrogens with zero attached hydrogens (tertiary/aromatic N) is 2. The number of aliphatic hydroxyl groups is 1. The van der Waals surface area contributed by atoms with Crippen molar-refractivity contribution in [3.05, 3.63) is 6.33 Å². The summed E-state index contributed by atoms with van der Waals surface area (Å²) < 4.78 is 28.8. The molecule has 1 rings (SSSR count). The molecule has 0 saturated heterocycles. The second-order valence-corrected chi connectivity index (χ2v) is 2.93. The van der Waals surface area contributed by atoms with Crippen molar-refractivity contribution in [2.45, 2.75) is 12.5 Å². The van der Waals surface area contributed by atoms with Crippen LogP contribution < -0.4 is 15.8 Å². The van der Waals surface area contributed by atoms with Crippen LogP contribution in [-0.4, -0.2) is 41.3 Å². The average molecular weight is 234 g/mol. The highest BCUT2D eigenvalue weighted by molar-refractivity contribution is 5.66. The van der Waals surface area contributed by atoms with Crippen molar-refractivity contribution in [2.75, 3.05) is 24.7 Å². The third kappa shape index (κ3) is 2.89. The predicted octanol–water partition coefficient (Wildman–Crippen LogP) is 0.105. The predicted molar refractivity (Wildman–Crippen MR) is 53.5 cm³/mol. The Balaban J connectivity index is 2.67. The quantitative estimate of drug-likeness (QED) is 0.669. The summed E-state index contributed by atoms with van der Waals surface area (Å²) >= 11 is 0. The molecule has 0 aliphatic carbocycles. The first-order chi connectivity index (χ1) is 7.56. The van der Waals surface area contributed by atoms with Gasteiger partial charge >= 0.3 is 0 Å². The number of alkyl halides is 2. The van der Waals surface area contributed by atoms with Crippen LogP contribution in [0.5, 0.6) is 5.88 Å². The lowest BCUT2D eigenvalue weighted by Crippen LogP contribution is -2.27. The molecule has 16 heavy (non-hydrogen) atoms. The van der Waals surface area contributed by atoms with E-state index in [0.717, 1.165) is 0 Å². The Morgan fingerprint density at radius 1 is 1.56 bits per heavy atom. The van der Waals surface area contributed by atoms with Gasteiger partial charge in [0.1, 0.15) is 18.1 Å². The molecule has 4 N–H and O–H groups in total. The number of hydrogen-bond donors (Lipinski definition) is 3. The number of rotatable bonds is 5. The third-order valence-electron chi connectivity index (χ3n) is 1.81. The van der Waals surface area contributed by atoms with Gasteiger partial charge in [0.2, 0.25) is 5.88 Å². The zero-order chi connectivity index (χ0) is 12.1. The van der Waals surface area contributed by atoms with E-state index in [9.17, 15) is 8.78 Å². The number of halogens is 2. The van der Waals surface area contributed by atoms with Crippen LogP contribution in [0.25, 0.3) is 0 Å². The fourth-order valence-electron chi connectivity index (χ4n) is 0.973. The van der Waals surface area contributed by atoms with Crippen LogP contribution in [0.15, 0.2) is 6.33 Å². The lowest BCUT2D eigenvalue weighted by Gasteiger charge is -2.13. The van der Waals surface area contributed by atoms with E-state index in [4.69, 9.17) is 15.6 Å². The number of aromatic nitrogens is 2. The number of nitrogens with two attached hydrogens (primary N) is 1. The number of anilines is 2. The van der Waals surface area contributed by atoms with E-state index in [2.05, 4.69) is 15.3 Å². The van der Waals surface area contributed by atoms with Gasteiger partial charge in [-0.25, -0.2) is 13.8 Å². The fraction of sp³-hybridized carbons (Fsp3) is 0.500. The fourth-order valence-corrected chi connectivity index (χ4v) is 0.973. The van der Waals surface area contributed by atoms with E-state index >= 15 is 0 Å². The minimum absolute atomic E-state index is 0.103. The molecule has 0 aliphatic heterocycles. The van der Waals surface area contributed by atoms with Crippen molar-refractivity contribution >= 4 is 11.5 Å². The monoisotopic (exact) mass is 234 g/mol. The molecule has 0 aromatic carbocycles. The molecule has 1 aromatic heterocycles. The van der Waals surface area contributed by atoms with Gasteiger partial charge < -0.3 is 20.9 Å². The molecular formula is C8H12F2N4O2. The summed E-state index contributed by atoms with van der Waals surface area (Å²) in [5.74, 6) is 0.288. The Hall–Kier alpha value is -1.70. The van der Waals surface area contributed by atoms with Crippen molar-refractivity contribution in [1.82, 2.24) is 9.97 Å². The van der Waals surface area contributed by atoms with Crippen LogP contribution in [0.4, 0.5) is 20.3 Å². The Morgan fingerprint density at radius 2 is 2.25 bits per heavy atom. The van der Waals surface area contributed by atoms with Crippen molar-refractivity contribution in [3.63, 3.8) is 0 Å². The highest BCUT2D eigenvalue weighted by atomic mass is 19.3. The number of nitrogen functional groups attached to an aromatic ring is 1. The van der Waals surface area contributed by atoms with Crippen LogP contribution >= 0.6 is 0 Å². The lowest BCUT2D eigenvalue weighted by atomic mass is 10.3. The third-order valence-corrected chi connectivity index (χ3v) is 1.81. The second-order valence-electron chi connectivity index (χ2n) is 2.93. The van der Waals surface area contributed by atoms with Gasteiger partial charge in [0.25, 0.3) is 6.43 Å². The van der Waals surface area contributed by atoms with Crippen molar-refractivity contribution < 1.29 is 18.6 Å². The minimum Gasteiger partial charge on any atom is -0.479 e. The summed E-state index contributed by atoms with van der Waals surface area (Å²) in [4.78, 5) is 7.45. The standard InChI is InChI=1S/C8H12F2N4O2/c1-16-8-5(11)7(13-3-14-8)12-2-4(15)6(9)10/h3-4,6,15H,2,11H2,1H3,(H,12,13,14). The van der Waals surface area contributed by atoms with E-state index in [-0.39, 0.29) is 23.9 Å². The molecule has 0 saturated carbocycles. The SMILES string of the molecule is COc1ncnc(NCC(O)C(F)F)c1N. The molecule has 6 nitrogen and oxygen atoms in total. The largest absolute Gasteiger partial charge is 0.479 e. The first kappa shape index (κ1) is 12.4. The molecule has 1 aromatic rings. The van der Waals surface area contributed by atoms with Gasteiger partial charge in [-0.2, -0.15) is 4.98 Å². The Kier molecular flexibility index (Phi) is 4.18. The highest BCUT2D eigenvalue weighted by Gasteiger charge is 2.17. The lowest BCUT2D eigenvalue weighted by molar-refractivity contribution is 0.00381. The van der Waals surface area contributed by atoms with Gasteiger partial charge in [0, 0.05) is 6.54 Å². The number of aliphatic hydroxyl groups excluding tert-OH is 1. The van der Waals surface area contributed by atoms with Gasteiger partial charge in [-0.05, 0) is 0 Å². The first-order valence-electron chi connectivity index (χ1n) is 4.40. The summed E-state index contributed by atoms with van der Waals surface area (Å²) in [6.07, 6.45) is -3.43. The molecule has 8 heteroatoms. The number of methoxy groups -OCH3 is 1. The number of ether oxygens (including phenoxy) is 1. The second kappa shape index (κ2) is 5.40. The normalized spacial score (nSPS) is 12.6. The van der Waals surface area contributed by atoms with Gasteiger partial charge in [0.05, 0.1) is 7.11 Å². The van der Waals surface area contributed by atoms with Gasteiger partial charge in [-0.1, -0.05) is 0 Å². The topological polar surface area (TPSA) is 93.3 Å². The Labute approximate surface area is 90.5 Å². The first-order valence-corrected chi connectivity index (χ1v) is 4.40. The van der Waals surface area contributed by atoms with Crippen LogP contribution in [0, 0.1) is 0 Å². The molecule has 90 valence electrons. The summed E-state index contributed by atoms with van der Waals surface area (Å²) in [7, 11) is 1.37. The van der Waals surface area contributed by atoms with E-state index in [1.807, 2.05) is 0 Å². The number of hydrogen-bond acceptors (Lipinski definition) is 6. The van der Waals surface area contributed by atoms with Gasteiger partial charge in [0.15, 0.2) is 5.82 Å². The highest BCUT2D eigenvalue weighted by Crippen LogP contribution is 2.23. The minimum atomic E-state index is -2.82. The average Bonchev–Trinajstić information content (AvgIpc) is 2.27. The van der Waals surface area contributed by atoms with Crippen LogP contribution in [0.1, 0.15) is 0 Å². The maximum atomic E-state index is 12.0. The summed E-state index contributed by atoms with van der Waals surface area (Å²) in [5, 5.41) is 11.4. The van der Waals surface area contributed by atoms with E-state index in [1.165, 1.54) is 13.4 Å². The molecule has 0 fully saturated rings. The van der Waals surface area contributed by atoms with Crippen LogP contribution in [-0.2, 0) is 0 Å². The van der Waals surface area contributed by atoms with Crippen molar-refractivity contribution in [3.8, 4) is 5.88 Å². The Bertz CT molecular complexity index is 351. The molecule has 1 atom stereocenters. The summed E-state index contributed by atoms with van der Waals surface area (Å²) in [6, 6.07) is 0. The zero-order valence-corrected chi connectivity index (χ0v) is 8.52. The molecule has 0 spiro atoms. The molecule has 0 radical (unpaired) electrons. The summed E-state index contributed by atoms with van der Waals surface area (Å²) in [6.45, 7) is -0.359. The Morgan fingerprint density at radius 3 is 2.81 bits per heavy atom. The van der Waals surface area contributed by atoms with E-state index in [1.54, 1.807) is 0 Å². The molecule has 0 amide bonds. The van der Waals surface area contributed by atoms with Crippen LogP contribution in [0.2, 0.25) is 0 Å². The molecule has 0 bridgehead atoms. The smallest absolute Gasteiger partial charge is 0.265 e. The van der Waals surface area contributed by atoms with E-state index in [0.29, 0.717) is 0 Å². The van der Waals surface area contributed by atoms with Gasteiger partial charge in [-0.15, -0.1) is 0 Å². The van der Waals surface area contributed by atoms with Gasteiger partial charge in [-0.3, -0.25) is 0 Å². The molecular weight excluding hydrogens is 222 g/mol. The van der Waals surface area contributed by atoms with Crippen molar-refractivity contribution in [1.29, 1.82) is 0 Å². The van der Waals surface area contributed by atoms with Crippen LogP contribution in [0.3, 0.4) is 0 Å². The molecule has 0 aliphatic rings. The molecule has 1 heterocycles.